The number of para-hydroxylation sites is 2. The van der Waals surface area contributed by atoms with Crippen LogP contribution in [0, 0.1) is 15.9 Å². The fourth-order valence-electron chi connectivity index (χ4n) is 1.28. The van der Waals surface area contributed by atoms with Gasteiger partial charge in [0.05, 0.1) is 9.95 Å². The number of aromatic nitrogens is 1. The fourth-order valence-corrected chi connectivity index (χ4v) is 1.42. The summed E-state index contributed by atoms with van der Waals surface area (Å²) in [5.74, 6) is -1.24. The van der Waals surface area contributed by atoms with Crippen molar-refractivity contribution in [1.29, 1.82) is 0 Å². The van der Waals surface area contributed by atoms with Crippen LogP contribution in [0.25, 0.3) is 0 Å². The molecular formula is C11H6ClFN2O3. The third-order valence-corrected chi connectivity index (χ3v) is 2.25. The summed E-state index contributed by atoms with van der Waals surface area (Å²) in [6, 6.07) is 6.64. The number of ether oxygens (including phenoxy) is 1. The molecule has 0 saturated heterocycles. The van der Waals surface area contributed by atoms with Gasteiger partial charge in [0.2, 0.25) is 5.75 Å². The number of nitrogens with zero attached hydrogens (tertiary/aromatic N) is 2. The smallest absolute Gasteiger partial charge is 0.311 e. The lowest BCUT2D eigenvalue weighted by Gasteiger charge is -2.05. The molecule has 2 aromatic rings. The molecule has 1 aromatic carbocycles. The minimum Gasteiger partial charge on any atom is -0.429 e. The molecule has 1 aromatic heterocycles. The number of rotatable bonds is 3. The van der Waals surface area contributed by atoms with Gasteiger partial charge in [-0.05, 0) is 12.1 Å². The first-order chi connectivity index (χ1) is 8.58. The molecule has 5 nitrogen and oxygen atoms in total. The molecule has 7 heteroatoms. The highest BCUT2D eigenvalue weighted by Crippen LogP contribution is 2.31. The zero-order valence-electron chi connectivity index (χ0n) is 8.84. The minimum absolute atomic E-state index is 0.0868. The van der Waals surface area contributed by atoms with E-state index in [9.17, 15) is 14.5 Å². The van der Waals surface area contributed by atoms with Crippen LogP contribution in [0.1, 0.15) is 0 Å². The number of benzene rings is 1. The van der Waals surface area contributed by atoms with Crippen LogP contribution >= 0.6 is 11.6 Å². The van der Waals surface area contributed by atoms with Crippen molar-refractivity contribution in [3.05, 3.63) is 57.5 Å². The number of nitro groups is 1. The lowest BCUT2D eigenvalue weighted by molar-refractivity contribution is -0.385. The SMILES string of the molecule is O=[N+]([O-])c1ccccc1Oc1ncc(Cl)cc1F. The van der Waals surface area contributed by atoms with Crippen molar-refractivity contribution in [1.82, 2.24) is 4.98 Å². The molecule has 0 aliphatic carbocycles. The molecular weight excluding hydrogens is 263 g/mol. The van der Waals surface area contributed by atoms with Crippen LogP contribution in [0.3, 0.4) is 0 Å². The van der Waals surface area contributed by atoms with Gasteiger partial charge in [-0.25, -0.2) is 9.37 Å². The second kappa shape index (κ2) is 4.97. The van der Waals surface area contributed by atoms with Gasteiger partial charge in [-0.1, -0.05) is 23.7 Å². The third-order valence-electron chi connectivity index (χ3n) is 2.04. The molecule has 0 saturated carbocycles. The Bertz CT molecular complexity index is 607. The molecule has 92 valence electrons. The Morgan fingerprint density at radius 3 is 2.78 bits per heavy atom. The summed E-state index contributed by atoms with van der Waals surface area (Å²) in [5, 5.41) is 10.9. The van der Waals surface area contributed by atoms with Crippen molar-refractivity contribution in [2.24, 2.45) is 0 Å². The fraction of sp³-hybridized carbons (Fsp3) is 0. The van der Waals surface area contributed by atoms with Gasteiger partial charge in [0, 0.05) is 12.3 Å². The van der Waals surface area contributed by atoms with Crippen LogP contribution in [-0.4, -0.2) is 9.91 Å². The molecule has 0 radical (unpaired) electrons. The molecule has 0 fully saturated rings. The Balaban J connectivity index is 2.37. The predicted molar refractivity (Wildman–Crippen MR) is 62.4 cm³/mol. The zero-order valence-corrected chi connectivity index (χ0v) is 9.60. The number of hydrogen-bond donors (Lipinski definition) is 0. The summed E-state index contributed by atoms with van der Waals surface area (Å²) >= 11 is 5.54. The Hall–Kier alpha value is -2.21. The Labute approximate surface area is 106 Å². The van der Waals surface area contributed by atoms with Crippen LogP contribution in [0.4, 0.5) is 10.1 Å². The van der Waals surface area contributed by atoms with Crippen molar-refractivity contribution >= 4 is 17.3 Å². The predicted octanol–water partition coefficient (Wildman–Crippen LogP) is 3.57. The molecule has 0 N–H and O–H groups in total. The molecule has 0 aliphatic heterocycles. The van der Waals surface area contributed by atoms with Gasteiger partial charge in [-0.15, -0.1) is 0 Å². The molecule has 0 bridgehead atoms. The summed E-state index contributed by atoms with van der Waals surface area (Å²) < 4.78 is 18.5. The quantitative estimate of drug-likeness (QED) is 0.630. The maximum Gasteiger partial charge on any atom is 0.311 e. The van der Waals surface area contributed by atoms with E-state index in [1.165, 1.54) is 30.5 Å². The van der Waals surface area contributed by atoms with Crippen molar-refractivity contribution < 1.29 is 14.1 Å². The van der Waals surface area contributed by atoms with E-state index < -0.39 is 10.7 Å². The minimum atomic E-state index is -0.791. The van der Waals surface area contributed by atoms with Crippen molar-refractivity contribution in [2.45, 2.75) is 0 Å². The Morgan fingerprint density at radius 1 is 1.39 bits per heavy atom. The maximum absolute atomic E-state index is 13.4. The van der Waals surface area contributed by atoms with Crippen LogP contribution in [-0.2, 0) is 0 Å². The Morgan fingerprint density at radius 2 is 2.11 bits per heavy atom. The van der Waals surface area contributed by atoms with E-state index in [2.05, 4.69) is 4.98 Å². The van der Waals surface area contributed by atoms with E-state index in [0.717, 1.165) is 6.07 Å². The van der Waals surface area contributed by atoms with Gasteiger partial charge in [0.1, 0.15) is 0 Å². The normalized spacial score (nSPS) is 10.1. The number of hydrogen-bond acceptors (Lipinski definition) is 4. The lowest BCUT2D eigenvalue weighted by atomic mass is 10.3. The summed E-state index contributed by atoms with van der Waals surface area (Å²) in [6.45, 7) is 0. The molecule has 0 spiro atoms. The second-order valence-electron chi connectivity index (χ2n) is 3.27. The Kier molecular flexibility index (Phi) is 3.38. The highest BCUT2D eigenvalue weighted by molar-refractivity contribution is 6.30. The lowest BCUT2D eigenvalue weighted by Crippen LogP contribution is -1.96. The van der Waals surface area contributed by atoms with E-state index in [1.807, 2.05) is 0 Å². The van der Waals surface area contributed by atoms with Crippen LogP contribution < -0.4 is 4.74 Å². The standard InChI is InChI=1S/C11H6ClFN2O3/c12-7-5-8(13)11(14-6-7)18-10-4-2-1-3-9(10)15(16)17/h1-6H. The van der Waals surface area contributed by atoms with Crippen molar-refractivity contribution in [3.63, 3.8) is 0 Å². The summed E-state index contributed by atoms with van der Waals surface area (Å²) in [4.78, 5) is 13.7. The highest BCUT2D eigenvalue weighted by atomic mass is 35.5. The zero-order chi connectivity index (χ0) is 13.1. The molecule has 0 atom stereocenters. The summed E-state index contributed by atoms with van der Waals surface area (Å²) in [5.41, 5.74) is -0.270. The maximum atomic E-state index is 13.4. The average Bonchev–Trinajstić information content (AvgIpc) is 2.33. The highest BCUT2D eigenvalue weighted by Gasteiger charge is 2.16. The van der Waals surface area contributed by atoms with Crippen molar-refractivity contribution in [3.8, 4) is 11.6 Å². The molecule has 2 rings (SSSR count). The van der Waals surface area contributed by atoms with Gasteiger partial charge in [0.25, 0.3) is 5.88 Å². The molecule has 0 unspecified atom stereocenters. The van der Waals surface area contributed by atoms with Crippen LogP contribution in [0.5, 0.6) is 11.6 Å². The molecule has 1 heterocycles. The van der Waals surface area contributed by atoms with Gasteiger partial charge in [-0.3, -0.25) is 10.1 Å². The topological polar surface area (TPSA) is 65.3 Å². The monoisotopic (exact) mass is 268 g/mol. The summed E-state index contributed by atoms with van der Waals surface area (Å²) in [7, 11) is 0. The molecule has 0 amide bonds. The number of pyridine rings is 1. The van der Waals surface area contributed by atoms with E-state index in [1.54, 1.807) is 0 Å². The van der Waals surface area contributed by atoms with E-state index in [4.69, 9.17) is 16.3 Å². The number of nitro benzene ring substituents is 1. The summed E-state index contributed by atoms with van der Waals surface area (Å²) in [6.07, 6.45) is 1.19. The van der Waals surface area contributed by atoms with Crippen LogP contribution in [0.15, 0.2) is 36.5 Å². The van der Waals surface area contributed by atoms with Gasteiger partial charge < -0.3 is 4.74 Å². The van der Waals surface area contributed by atoms with Gasteiger partial charge in [-0.2, -0.15) is 0 Å². The first-order valence-corrected chi connectivity index (χ1v) is 5.18. The van der Waals surface area contributed by atoms with Gasteiger partial charge in [0.15, 0.2) is 5.82 Å². The largest absolute Gasteiger partial charge is 0.429 e. The molecule has 0 aliphatic rings. The second-order valence-corrected chi connectivity index (χ2v) is 3.70. The van der Waals surface area contributed by atoms with Crippen molar-refractivity contribution in [2.75, 3.05) is 0 Å². The molecule has 18 heavy (non-hydrogen) atoms. The van der Waals surface area contributed by atoms with E-state index >= 15 is 0 Å². The number of halogens is 2. The first kappa shape index (κ1) is 12.3. The first-order valence-electron chi connectivity index (χ1n) is 4.80. The van der Waals surface area contributed by atoms with E-state index in [0.29, 0.717) is 0 Å². The third kappa shape index (κ3) is 2.54. The average molecular weight is 269 g/mol. The van der Waals surface area contributed by atoms with Gasteiger partial charge >= 0.3 is 5.69 Å². The van der Waals surface area contributed by atoms with Crippen LogP contribution in [0.2, 0.25) is 5.02 Å². The van der Waals surface area contributed by atoms with E-state index in [-0.39, 0.29) is 22.3 Å².